The summed E-state index contributed by atoms with van der Waals surface area (Å²) in [5.41, 5.74) is 2.65. The van der Waals surface area contributed by atoms with Crippen LogP contribution in [0.2, 0.25) is 5.02 Å². The molecule has 5 rings (SSSR count). The van der Waals surface area contributed by atoms with Gasteiger partial charge < -0.3 is 14.7 Å². The van der Waals surface area contributed by atoms with E-state index < -0.39 is 5.60 Å². The number of hydrogen-bond acceptors (Lipinski definition) is 4. The van der Waals surface area contributed by atoms with E-state index in [4.69, 9.17) is 16.3 Å². The molecule has 0 aliphatic carbocycles. The number of piperidine rings is 1. The average molecular weight is 528 g/mol. The zero-order chi connectivity index (χ0) is 22.8. The summed E-state index contributed by atoms with van der Waals surface area (Å²) in [5.74, 6) is 1.15. The minimum atomic E-state index is -0.761. The molecule has 0 bridgehead atoms. The molecular formula is C27H28BrClN2O2. The molecule has 6 heteroatoms. The molecule has 2 atom stereocenters. The van der Waals surface area contributed by atoms with E-state index >= 15 is 0 Å². The highest BCUT2D eigenvalue weighted by molar-refractivity contribution is 9.10. The summed E-state index contributed by atoms with van der Waals surface area (Å²) in [6, 6.07) is 14.0. The van der Waals surface area contributed by atoms with Crippen molar-refractivity contribution >= 4 is 39.3 Å². The smallest absolute Gasteiger partial charge is 0.128 e. The fourth-order valence-corrected chi connectivity index (χ4v) is 5.53. The fraction of sp³-hybridized carbons (Fsp3) is 0.370. The summed E-state index contributed by atoms with van der Waals surface area (Å²) in [6.45, 7) is 3.31. The van der Waals surface area contributed by atoms with E-state index in [1.165, 1.54) is 5.57 Å². The third kappa shape index (κ3) is 4.97. The largest absolute Gasteiger partial charge is 0.491 e. The number of ether oxygens (including phenoxy) is 1. The lowest BCUT2D eigenvalue weighted by atomic mass is 9.84. The third-order valence-electron chi connectivity index (χ3n) is 6.99. The van der Waals surface area contributed by atoms with Crippen LogP contribution in [0.4, 0.5) is 0 Å². The van der Waals surface area contributed by atoms with E-state index in [1.807, 2.05) is 36.6 Å². The van der Waals surface area contributed by atoms with Gasteiger partial charge in [-0.3, -0.25) is 4.99 Å². The summed E-state index contributed by atoms with van der Waals surface area (Å²) in [5, 5.41) is 11.9. The Hall–Kier alpha value is -1.92. The first-order chi connectivity index (χ1) is 16.0. The molecule has 1 fully saturated rings. The lowest BCUT2D eigenvalue weighted by molar-refractivity contribution is -0.0254. The number of rotatable bonds is 4. The topological polar surface area (TPSA) is 45.1 Å². The normalized spacial score (nSPS) is 25.2. The van der Waals surface area contributed by atoms with Crippen molar-refractivity contribution in [2.45, 2.75) is 30.9 Å². The van der Waals surface area contributed by atoms with Crippen molar-refractivity contribution in [3.05, 3.63) is 81.3 Å². The lowest BCUT2D eigenvalue weighted by Crippen LogP contribution is -2.42. The SMILES string of the molecule is OC1(c2ccc(Cl)cc2)CCN(CCC=C2c3ccc(Br)cc3OCC3N=CC=CC23)CC1. The van der Waals surface area contributed by atoms with Gasteiger partial charge in [0.25, 0.3) is 0 Å². The summed E-state index contributed by atoms with van der Waals surface area (Å²) < 4.78 is 7.15. The minimum Gasteiger partial charge on any atom is -0.491 e. The molecule has 33 heavy (non-hydrogen) atoms. The van der Waals surface area contributed by atoms with Gasteiger partial charge in [-0.05, 0) is 66.8 Å². The van der Waals surface area contributed by atoms with Crippen molar-refractivity contribution < 1.29 is 9.84 Å². The first kappa shape index (κ1) is 22.9. The minimum absolute atomic E-state index is 0.108. The second-order valence-electron chi connectivity index (χ2n) is 9.06. The summed E-state index contributed by atoms with van der Waals surface area (Å²) >= 11 is 9.59. The number of aliphatic hydroxyl groups is 1. The molecule has 3 aliphatic rings. The molecule has 1 N–H and O–H groups in total. The average Bonchev–Trinajstić information content (AvgIpc) is 2.98. The van der Waals surface area contributed by atoms with E-state index in [0.717, 1.165) is 60.2 Å². The van der Waals surface area contributed by atoms with Crippen LogP contribution in [0.15, 0.2) is 70.2 Å². The first-order valence-electron chi connectivity index (χ1n) is 11.6. The number of allylic oxidation sites excluding steroid dienone is 1. The highest BCUT2D eigenvalue weighted by atomic mass is 79.9. The molecular weight excluding hydrogens is 500 g/mol. The van der Waals surface area contributed by atoms with Gasteiger partial charge in [-0.1, -0.05) is 51.8 Å². The summed E-state index contributed by atoms with van der Waals surface area (Å²) in [7, 11) is 0. The molecule has 3 aliphatic heterocycles. The summed E-state index contributed by atoms with van der Waals surface area (Å²) in [6.07, 6.45) is 11.0. The molecule has 2 aromatic carbocycles. The van der Waals surface area contributed by atoms with Gasteiger partial charge in [-0.15, -0.1) is 0 Å². The number of likely N-dealkylation sites (tertiary alicyclic amines) is 1. The number of halogens is 2. The van der Waals surface area contributed by atoms with Crippen molar-refractivity contribution in [3.8, 4) is 5.75 Å². The Balaban J connectivity index is 1.27. The maximum atomic E-state index is 11.2. The fourth-order valence-electron chi connectivity index (χ4n) is 5.06. The number of nitrogens with zero attached hydrogens (tertiary/aromatic N) is 2. The van der Waals surface area contributed by atoms with Crippen molar-refractivity contribution in [3.63, 3.8) is 0 Å². The Kier molecular flexibility index (Phi) is 6.75. The number of fused-ring (bicyclic) bond motifs is 2. The molecule has 0 saturated carbocycles. The van der Waals surface area contributed by atoms with Crippen LogP contribution in [-0.4, -0.2) is 48.5 Å². The zero-order valence-electron chi connectivity index (χ0n) is 18.5. The van der Waals surface area contributed by atoms with Crippen LogP contribution in [0.3, 0.4) is 0 Å². The van der Waals surface area contributed by atoms with Crippen molar-refractivity contribution in [2.75, 3.05) is 26.2 Å². The van der Waals surface area contributed by atoms with Crippen LogP contribution in [0, 0.1) is 5.92 Å². The molecule has 0 amide bonds. The van der Waals surface area contributed by atoms with E-state index in [0.29, 0.717) is 11.6 Å². The van der Waals surface area contributed by atoms with Gasteiger partial charge in [0, 0.05) is 46.8 Å². The molecule has 0 spiro atoms. The molecule has 3 heterocycles. The molecule has 2 unspecified atom stereocenters. The van der Waals surface area contributed by atoms with Crippen LogP contribution >= 0.6 is 27.5 Å². The Labute approximate surface area is 208 Å². The van der Waals surface area contributed by atoms with Crippen molar-refractivity contribution in [1.82, 2.24) is 4.90 Å². The molecule has 2 aromatic rings. The third-order valence-corrected chi connectivity index (χ3v) is 7.74. The Morgan fingerprint density at radius 2 is 1.97 bits per heavy atom. The van der Waals surface area contributed by atoms with Gasteiger partial charge in [0.1, 0.15) is 12.4 Å². The van der Waals surface area contributed by atoms with Gasteiger partial charge in [0.15, 0.2) is 0 Å². The second kappa shape index (κ2) is 9.75. The van der Waals surface area contributed by atoms with E-state index in [2.05, 4.69) is 56.2 Å². The number of aliphatic imine (C=N–C) groups is 1. The van der Waals surface area contributed by atoms with E-state index in [1.54, 1.807) is 0 Å². The molecule has 0 aromatic heterocycles. The Morgan fingerprint density at radius 1 is 1.18 bits per heavy atom. The lowest BCUT2D eigenvalue weighted by Gasteiger charge is -2.38. The van der Waals surface area contributed by atoms with E-state index in [-0.39, 0.29) is 12.0 Å². The van der Waals surface area contributed by atoms with Gasteiger partial charge in [0.2, 0.25) is 0 Å². The number of dihydropyridines is 1. The second-order valence-corrected chi connectivity index (χ2v) is 10.4. The molecule has 172 valence electrons. The van der Waals surface area contributed by atoms with E-state index in [9.17, 15) is 5.11 Å². The van der Waals surface area contributed by atoms with Crippen LogP contribution < -0.4 is 4.74 Å². The zero-order valence-corrected chi connectivity index (χ0v) is 20.8. The van der Waals surface area contributed by atoms with Gasteiger partial charge in [0.05, 0.1) is 11.6 Å². The maximum absolute atomic E-state index is 11.2. The van der Waals surface area contributed by atoms with Crippen LogP contribution in [0.5, 0.6) is 5.75 Å². The van der Waals surface area contributed by atoms with Crippen LogP contribution in [0.25, 0.3) is 5.57 Å². The van der Waals surface area contributed by atoms with Crippen LogP contribution in [-0.2, 0) is 5.60 Å². The van der Waals surface area contributed by atoms with Gasteiger partial charge >= 0.3 is 0 Å². The molecule has 1 saturated heterocycles. The predicted molar refractivity (Wildman–Crippen MR) is 138 cm³/mol. The van der Waals surface area contributed by atoms with Gasteiger partial charge in [-0.2, -0.15) is 0 Å². The van der Waals surface area contributed by atoms with Crippen LogP contribution in [0.1, 0.15) is 30.4 Å². The Morgan fingerprint density at radius 3 is 2.76 bits per heavy atom. The summed E-state index contributed by atoms with van der Waals surface area (Å²) in [4.78, 5) is 7.13. The molecule has 4 nitrogen and oxygen atoms in total. The van der Waals surface area contributed by atoms with Crippen molar-refractivity contribution in [2.24, 2.45) is 10.9 Å². The molecule has 0 radical (unpaired) electrons. The highest BCUT2D eigenvalue weighted by Gasteiger charge is 2.34. The van der Waals surface area contributed by atoms with Crippen molar-refractivity contribution in [1.29, 1.82) is 0 Å². The monoisotopic (exact) mass is 526 g/mol. The maximum Gasteiger partial charge on any atom is 0.128 e. The number of benzene rings is 2. The van der Waals surface area contributed by atoms with Gasteiger partial charge in [-0.25, -0.2) is 0 Å². The Bertz CT molecular complexity index is 1090. The first-order valence-corrected chi connectivity index (χ1v) is 12.7. The quantitative estimate of drug-likeness (QED) is 0.540. The number of hydrogen-bond donors (Lipinski definition) is 1. The standard InChI is InChI=1S/C27H28BrClN2O2/c28-20-7-10-24-22(23-3-1-13-30-25(23)18-33-26(24)17-20)4-2-14-31-15-11-27(32,12-16-31)19-5-8-21(29)9-6-19/h1,3-10,13,17,23,25,32H,2,11-12,14-16,18H2. The predicted octanol–water partition coefficient (Wildman–Crippen LogP) is 5.88. The highest BCUT2D eigenvalue weighted by Crippen LogP contribution is 2.40.